The third-order valence-electron chi connectivity index (χ3n) is 2.04. The highest BCUT2D eigenvalue weighted by Gasteiger charge is 2.17. The molecule has 0 atom stereocenters. The van der Waals surface area contributed by atoms with Gasteiger partial charge >= 0.3 is 0 Å². The Kier molecular flexibility index (Phi) is 3.48. The minimum absolute atomic E-state index is 0.0466. The third kappa shape index (κ3) is 2.77. The van der Waals surface area contributed by atoms with Crippen molar-refractivity contribution in [1.29, 1.82) is 0 Å². The molecule has 0 bridgehead atoms. The van der Waals surface area contributed by atoms with Crippen molar-refractivity contribution in [3.63, 3.8) is 0 Å². The van der Waals surface area contributed by atoms with Crippen LogP contribution in [0.1, 0.15) is 0 Å². The predicted molar refractivity (Wildman–Crippen MR) is 69.8 cm³/mol. The number of nitrogens with one attached hydrogen (secondary N) is 2. The maximum absolute atomic E-state index is 12.0. The molecule has 0 aliphatic carbocycles. The smallest absolute Gasteiger partial charge is 0.264 e. The number of aromatic nitrogens is 2. The molecule has 1 heterocycles. The van der Waals surface area contributed by atoms with Crippen LogP contribution in [0.2, 0.25) is 0 Å². The van der Waals surface area contributed by atoms with E-state index in [1.54, 1.807) is 18.2 Å². The van der Waals surface area contributed by atoms with Crippen LogP contribution >= 0.6 is 15.9 Å². The van der Waals surface area contributed by atoms with E-state index in [0.717, 1.165) is 0 Å². The number of nitrogens with zero attached hydrogens (tertiary/aromatic N) is 1. The van der Waals surface area contributed by atoms with E-state index in [0.29, 0.717) is 4.47 Å². The molecule has 94 valence electrons. The number of H-pyrrole nitrogens is 1. The summed E-state index contributed by atoms with van der Waals surface area (Å²) in [6.45, 7) is 0. The van der Waals surface area contributed by atoms with Crippen LogP contribution in [-0.4, -0.2) is 18.6 Å². The minimum Gasteiger partial charge on any atom is -0.268 e. The second kappa shape index (κ2) is 4.91. The minimum atomic E-state index is -3.74. The monoisotopic (exact) mass is 329 g/mol. The molecule has 1 aromatic heterocycles. The first-order chi connectivity index (χ1) is 8.49. The van der Waals surface area contributed by atoms with E-state index in [1.807, 2.05) is 0 Å². The zero-order chi connectivity index (χ0) is 13.2. The van der Waals surface area contributed by atoms with Gasteiger partial charge in [-0.1, -0.05) is 12.1 Å². The van der Waals surface area contributed by atoms with Gasteiger partial charge in [0.25, 0.3) is 15.6 Å². The zero-order valence-corrected chi connectivity index (χ0v) is 11.3. The summed E-state index contributed by atoms with van der Waals surface area (Å²) in [4.78, 5) is 10.9. The van der Waals surface area contributed by atoms with E-state index in [-0.39, 0.29) is 10.7 Å². The molecule has 0 amide bonds. The molecule has 2 rings (SSSR count). The van der Waals surface area contributed by atoms with E-state index in [9.17, 15) is 13.2 Å². The summed E-state index contributed by atoms with van der Waals surface area (Å²) < 4.78 is 26.8. The molecular formula is C10H8BrN3O3S. The maximum Gasteiger partial charge on any atom is 0.264 e. The Labute approximate surface area is 111 Å². The highest BCUT2D eigenvalue weighted by atomic mass is 79.9. The Bertz CT molecular complexity index is 707. The van der Waals surface area contributed by atoms with Gasteiger partial charge in [0.15, 0.2) is 5.82 Å². The maximum atomic E-state index is 12.0. The molecule has 0 fully saturated rings. The van der Waals surface area contributed by atoms with E-state index in [4.69, 9.17) is 0 Å². The second-order valence-corrected chi connectivity index (χ2v) is 5.85. The Balaban J connectivity index is 2.36. The number of aromatic amines is 1. The average molecular weight is 330 g/mol. The van der Waals surface area contributed by atoms with Crippen LogP contribution in [0, 0.1) is 0 Å². The van der Waals surface area contributed by atoms with Crippen LogP contribution in [0.25, 0.3) is 0 Å². The Morgan fingerprint density at radius 2 is 1.89 bits per heavy atom. The number of halogens is 1. The summed E-state index contributed by atoms with van der Waals surface area (Å²) >= 11 is 3.16. The molecule has 0 saturated heterocycles. The number of hydrogen-bond acceptors (Lipinski definition) is 4. The fourth-order valence-corrected chi connectivity index (χ4v) is 3.26. The molecule has 0 spiro atoms. The molecule has 0 radical (unpaired) electrons. The standard InChI is InChI=1S/C10H8BrN3O3S/c11-7-3-1-2-4-8(7)18(16,17)14-9-5-6-10(15)13-12-9/h1-6H,(H,12,14)(H,13,15). The first kappa shape index (κ1) is 12.8. The summed E-state index contributed by atoms with van der Waals surface area (Å²) in [7, 11) is -3.74. The van der Waals surface area contributed by atoms with Crippen molar-refractivity contribution in [1.82, 2.24) is 10.2 Å². The van der Waals surface area contributed by atoms with Crippen molar-refractivity contribution in [2.75, 3.05) is 4.72 Å². The van der Waals surface area contributed by atoms with E-state index in [1.165, 1.54) is 18.2 Å². The lowest BCUT2D eigenvalue weighted by Gasteiger charge is -2.07. The molecule has 6 nitrogen and oxygen atoms in total. The summed E-state index contributed by atoms with van der Waals surface area (Å²) in [6.07, 6.45) is 0. The molecule has 0 aliphatic heterocycles. The van der Waals surface area contributed by atoms with E-state index < -0.39 is 15.6 Å². The molecule has 0 unspecified atom stereocenters. The molecule has 2 aromatic rings. The predicted octanol–water partition coefficient (Wildman–Crippen LogP) is 1.33. The number of hydrogen-bond donors (Lipinski definition) is 2. The van der Waals surface area contributed by atoms with Crippen molar-refractivity contribution >= 4 is 31.8 Å². The first-order valence-corrected chi connectivity index (χ1v) is 7.10. The first-order valence-electron chi connectivity index (χ1n) is 4.82. The largest absolute Gasteiger partial charge is 0.268 e. The van der Waals surface area contributed by atoms with Crippen molar-refractivity contribution in [3.8, 4) is 0 Å². The normalized spacial score (nSPS) is 11.2. The number of sulfonamides is 1. The Hall–Kier alpha value is -1.67. The number of rotatable bonds is 3. The molecule has 0 aliphatic rings. The van der Waals surface area contributed by atoms with Gasteiger partial charge in [-0.15, -0.1) is 0 Å². The van der Waals surface area contributed by atoms with Crippen LogP contribution in [0.4, 0.5) is 5.82 Å². The fraction of sp³-hybridized carbons (Fsp3) is 0. The fourth-order valence-electron chi connectivity index (χ4n) is 1.26. The van der Waals surface area contributed by atoms with Crippen molar-refractivity contribution in [2.45, 2.75) is 4.90 Å². The number of anilines is 1. The lowest BCUT2D eigenvalue weighted by atomic mass is 10.4. The lowest BCUT2D eigenvalue weighted by Crippen LogP contribution is -2.16. The zero-order valence-electron chi connectivity index (χ0n) is 8.92. The van der Waals surface area contributed by atoms with Crippen molar-refractivity contribution < 1.29 is 8.42 Å². The van der Waals surface area contributed by atoms with Gasteiger partial charge in [0.1, 0.15) is 4.90 Å². The van der Waals surface area contributed by atoms with Crippen LogP contribution < -0.4 is 10.3 Å². The molecule has 1 aromatic carbocycles. The highest BCUT2D eigenvalue weighted by molar-refractivity contribution is 9.10. The van der Waals surface area contributed by atoms with Gasteiger partial charge < -0.3 is 0 Å². The van der Waals surface area contributed by atoms with Crippen LogP contribution in [0.5, 0.6) is 0 Å². The highest BCUT2D eigenvalue weighted by Crippen LogP contribution is 2.22. The third-order valence-corrected chi connectivity index (χ3v) is 4.41. The summed E-state index contributed by atoms with van der Waals surface area (Å²) in [5, 5.41) is 5.72. The van der Waals surface area contributed by atoms with Gasteiger partial charge in [0.05, 0.1) is 0 Å². The van der Waals surface area contributed by atoms with Gasteiger partial charge in [-0.05, 0) is 34.1 Å². The van der Waals surface area contributed by atoms with Crippen molar-refractivity contribution in [2.24, 2.45) is 0 Å². The molecule has 2 N–H and O–H groups in total. The van der Waals surface area contributed by atoms with Crippen LogP contribution in [0.15, 0.2) is 50.6 Å². The second-order valence-electron chi connectivity index (χ2n) is 3.34. The summed E-state index contributed by atoms with van der Waals surface area (Å²) in [5.41, 5.74) is -0.404. The SMILES string of the molecule is O=c1ccc(NS(=O)(=O)c2ccccc2Br)n[nH]1. The van der Waals surface area contributed by atoms with Gasteiger partial charge in [-0.3, -0.25) is 9.52 Å². The molecule has 8 heteroatoms. The molecule has 18 heavy (non-hydrogen) atoms. The van der Waals surface area contributed by atoms with E-state index in [2.05, 4.69) is 30.8 Å². The lowest BCUT2D eigenvalue weighted by molar-refractivity contribution is 0.600. The summed E-state index contributed by atoms with van der Waals surface area (Å²) in [5.74, 6) is 0.0466. The van der Waals surface area contributed by atoms with Gasteiger partial charge in [0.2, 0.25) is 0 Å². The topological polar surface area (TPSA) is 91.9 Å². The van der Waals surface area contributed by atoms with Gasteiger partial charge in [-0.25, -0.2) is 13.5 Å². The molecular weight excluding hydrogens is 322 g/mol. The Morgan fingerprint density at radius 1 is 1.17 bits per heavy atom. The quantitative estimate of drug-likeness (QED) is 0.888. The Morgan fingerprint density at radius 3 is 2.50 bits per heavy atom. The van der Waals surface area contributed by atoms with Gasteiger partial charge in [0, 0.05) is 10.5 Å². The van der Waals surface area contributed by atoms with E-state index >= 15 is 0 Å². The van der Waals surface area contributed by atoms with Gasteiger partial charge in [-0.2, -0.15) is 5.10 Å². The van der Waals surface area contributed by atoms with Crippen molar-refractivity contribution in [3.05, 3.63) is 51.2 Å². The van der Waals surface area contributed by atoms with Crippen LogP contribution in [0.3, 0.4) is 0 Å². The average Bonchev–Trinajstić information content (AvgIpc) is 2.32. The molecule has 0 saturated carbocycles. The van der Waals surface area contributed by atoms with Crippen LogP contribution in [-0.2, 0) is 10.0 Å². The summed E-state index contributed by atoms with van der Waals surface area (Å²) in [6, 6.07) is 8.87. The number of benzene rings is 1.